The van der Waals surface area contributed by atoms with Crippen molar-refractivity contribution in [3.63, 3.8) is 0 Å². The van der Waals surface area contributed by atoms with Crippen molar-refractivity contribution in [3.05, 3.63) is 35.7 Å². The summed E-state index contributed by atoms with van der Waals surface area (Å²) in [5, 5.41) is 12.8. The van der Waals surface area contributed by atoms with E-state index in [2.05, 4.69) is 16.2 Å². The highest BCUT2D eigenvalue weighted by Crippen LogP contribution is 2.30. The minimum Gasteiger partial charge on any atom is -0.334 e. The summed E-state index contributed by atoms with van der Waals surface area (Å²) in [5.41, 5.74) is 7.21. The average molecular weight is 256 g/mol. The van der Waals surface area contributed by atoms with Gasteiger partial charge in [-0.05, 0) is 23.6 Å². The van der Waals surface area contributed by atoms with Crippen molar-refractivity contribution in [2.24, 2.45) is 11.1 Å². The quantitative estimate of drug-likeness (QED) is 0.892. The number of hydrogen-bond donors (Lipinski definition) is 1. The zero-order valence-electron chi connectivity index (χ0n) is 11.2. The molecule has 0 amide bonds. The first kappa shape index (κ1) is 13.2. The lowest BCUT2D eigenvalue weighted by atomic mass is 9.87. The number of nitrogens with two attached hydrogens (primary N) is 1. The van der Waals surface area contributed by atoms with Gasteiger partial charge in [0.15, 0.2) is 5.82 Å². The predicted octanol–water partition coefficient (Wildman–Crippen LogP) is 2.65. The predicted molar refractivity (Wildman–Crippen MR) is 70.8 cm³/mol. The number of aromatic nitrogens is 2. The Morgan fingerprint density at radius 1 is 1.37 bits per heavy atom. The van der Waals surface area contributed by atoms with Crippen molar-refractivity contribution in [1.82, 2.24) is 10.1 Å². The summed E-state index contributed by atoms with van der Waals surface area (Å²) in [4.78, 5) is 4.31. The largest absolute Gasteiger partial charge is 0.334 e. The second-order valence-corrected chi connectivity index (χ2v) is 5.49. The molecule has 0 spiro atoms. The van der Waals surface area contributed by atoms with Crippen LogP contribution in [-0.4, -0.2) is 10.1 Å². The standard InChI is InChI=1S/C14H16N4O/c1-14(2,3)11(16)12-17-13(19-18-12)10-6-4-5-9(7-10)8-15/h4-7,11H,16H2,1-3H3. The van der Waals surface area contributed by atoms with Crippen LogP contribution in [-0.2, 0) is 0 Å². The SMILES string of the molecule is CC(C)(C)C(N)c1noc(-c2cccc(C#N)c2)n1. The molecule has 0 aliphatic rings. The molecule has 98 valence electrons. The van der Waals surface area contributed by atoms with Gasteiger partial charge < -0.3 is 10.3 Å². The van der Waals surface area contributed by atoms with E-state index in [0.717, 1.165) is 5.56 Å². The molecule has 2 N–H and O–H groups in total. The van der Waals surface area contributed by atoms with Crippen molar-refractivity contribution >= 4 is 0 Å². The Bertz CT molecular complexity index is 619. The minimum absolute atomic E-state index is 0.143. The molecule has 1 heterocycles. The fraction of sp³-hybridized carbons (Fsp3) is 0.357. The summed E-state index contributed by atoms with van der Waals surface area (Å²) in [5.74, 6) is 0.858. The lowest BCUT2D eigenvalue weighted by Crippen LogP contribution is -2.27. The van der Waals surface area contributed by atoms with Crippen LogP contribution in [0, 0.1) is 16.7 Å². The highest BCUT2D eigenvalue weighted by Gasteiger charge is 2.27. The first-order valence-electron chi connectivity index (χ1n) is 6.01. The van der Waals surface area contributed by atoms with Crippen LogP contribution in [0.3, 0.4) is 0 Å². The van der Waals surface area contributed by atoms with Crippen LogP contribution < -0.4 is 5.73 Å². The fourth-order valence-corrected chi connectivity index (χ4v) is 1.59. The van der Waals surface area contributed by atoms with E-state index in [4.69, 9.17) is 15.5 Å². The van der Waals surface area contributed by atoms with Crippen LogP contribution >= 0.6 is 0 Å². The van der Waals surface area contributed by atoms with Gasteiger partial charge in [0.05, 0.1) is 17.7 Å². The van der Waals surface area contributed by atoms with Gasteiger partial charge in [0.25, 0.3) is 5.89 Å². The molecular weight excluding hydrogens is 240 g/mol. The van der Waals surface area contributed by atoms with Crippen LogP contribution in [0.5, 0.6) is 0 Å². The molecule has 1 aromatic heterocycles. The van der Waals surface area contributed by atoms with Crippen LogP contribution in [0.4, 0.5) is 0 Å². The van der Waals surface area contributed by atoms with Crippen molar-refractivity contribution in [1.29, 1.82) is 5.26 Å². The van der Waals surface area contributed by atoms with Gasteiger partial charge in [-0.2, -0.15) is 10.2 Å². The maximum atomic E-state index is 8.87. The monoisotopic (exact) mass is 256 g/mol. The van der Waals surface area contributed by atoms with Gasteiger partial charge in [-0.3, -0.25) is 0 Å². The summed E-state index contributed by atoms with van der Waals surface area (Å²) in [6.45, 7) is 6.05. The van der Waals surface area contributed by atoms with E-state index < -0.39 is 0 Å². The Balaban J connectivity index is 2.33. The van der Waals surface area contributed by atoms with Crippen LogP contribution in [0.2, 0.25) is 0 Å². The van der Waals surface area contributed by atoms with Crippen LogP contribution in [0.25, 0.3) is 11.5 Å². The second kappa shape index (κ2) is 4.82. The van der Waals surface area contributed by atoms with Crippen molar-refractivity contribution in [3.8, 4) is 17.5 Å². The van der Waals surface area contributed by atoms with Gasteiger partial charge in [0, 0.05) is 5.56 Å². The summed E-state index contributed by atoms with van der Waals surface area (Å²) in [7, 11) is 0. The number of rotatable bonds is 2. The Morgan fingerprint density at radius 3 is 2.74 bits per heavy atom. The molecular formula is C14H16N4O. The molecule has 0 radical (unpaired) electrons. The topological polar surface area (TPSA) is 88.7 Å². The Hall–Kier alpha value is -2.19. The van der Waals surface area contributed by atoms with E-state index in [0.29, 0.717) is 17.3 Å². The lowest BCUT2D eigenvalue weighted by Gasteiger charge is -2.23. The molecule has 2 aromatic rings. The average Bonchev–Trinajstić information content (AvgIpc) is 2.86. The fourth-order valence-electron chi connectivity index (χ4n) is 1.59. The smallest absolute Gasteiger partial charge is 0.258 e. The van der Waals surface area contributed by atoms with E-state index in [1.807, 2.05) is 26.8 Å². The summed E-state index contributed by atoms with van der Waals surface area (Å²) < 4.78 is 5.22. The van der Waals surface area contributed by atoms with E-state index in [-0.39, 0.29) is 11.5 Å². The molecule has 5 nitrogen and oxygen atoms in total. The van der Waals surface area contributed by atoms with E-state index in [9.17, 15) is 0 Å². The highest BCUT2D eigenvalue weighted by atomic mass is 16.5. The molecule has 1 aromatic carbocycles. The first-order valence-corrected chi connectivity index (χ1v) is 6.01. The minimum atomic E-state index is -0.302. The molecule has 0 bridgehead atoms. The van der Waals surface area contributed by atoms with Gasteiger partial charge in [-0.25, -0.2) is 0 Å². The first-order chi connectivity index (χ1) is 8.91. The molecule has 2 rings (SSSR count). The molecule has 19 heavy (non-hydrogen) atoms. The maximum Gasteiger partial charge on any atom is 0.258 e. The molecule has 0 fully saturated rings. The van der Waals surface area contributed by atoms with Crippen LogP contribution in [0.15, 0.2) is 28.8 Å². The number of benzene rings is 1. The summed E-state index contributed by atoms with van der Waals surface area (Å²) in [6, 6.07) is 8.81. The van der Waals surface area contributed by atoms with E-state index in [1.165, 1.54) is 0 Å². The van der Waals surface area contributed by atoms with E-state index in [1.54, 1.807) is 18.2 Å². The van der Waals surface area contributed by atoms with Gasteiger partial charge in [-0.15, -0.1) is 0 Å². The van der Waals surface area contributed by atoms with Gasteiger partial charge in [0.2, 0.25) is 0 Å². The van der Waals surface area contributed by atoms with Crippen molar-refractivity contribution in [2.45, 2.75) is 26.8 Å². The maximum absolute atomic E-state index is 8.87. The molecule has 1 unspecified atom stereocenters. The Labute approximate surface area is 112 Å². The molecule has 0 saturated heterocycles. The van der Waals surface area contributed by atoms with Crippen molar-refractivity contribution in [2.75, 3.05) is 0 Å². The van der Waals surface area contributed by atoms with Crippen molar-refractivity contribution < 1.29 is 4.52 Å². The van der Waals surface area contributed by atoms with Crippen LogP contribution in [0.1, 0.15) is 38.2 Å². The molecule has 0 aliphatic heterocycles. The summed E-state index contributed by atoms with van der Waals surface area (Å²) in [6.07, 6.45) is 0. The second-order valence-electron chi connectivity index (χ2n) is 5.49. The number of hydrogen-bond acceptors (Lipinski definition) is 5. The van der Waals surface area contributed by atoms with E-state index >= 15 is 0 Å². The number of nitriles is 1. The van der Waals surface area contributed by atoms with Gasteiger partial charge in [0.1, 0.15) is 0 Å². The van der Waals surface area contributed by atoms with Gasteiger partial charge >= 0.3 is 0 Å². The molecule has 1 atom stereocenters. The Morgan fingerprint density at radius 2 is 2.11 bits per heavy atom. The third kappa shape index (κ3) is 2.80. The molecule has 5 heteroatoms. The highest BCUT2D eigenvalue weighted by molar-refractivity contribution is 5.56. The van der Waals surface area contributed by atoms with Gasteiger partial charge in [-0.1, -0.05) is 32.0 Å². The zero-order chi connectivity index (χ0) is 14.0. The summed E-state index contributed by atoms with van der Waals surface area (Å²) >= 11 is 0. The molecule has 0 saturated carbocycles. The lowest BCUT2D eigenvalue weighted by molar-refractivity contribution is 0.303. The molecule has 0 aliphatic carbocycles. The third-order valence-corrected chi connectivity index (χ3v) is 2.89. The number of nitrogens with zero attached hydrogens (tertiary/aromatic N) is 3. The normalized spacial score (nSPS) is 13.0. The Kier molecular flexibility index (Phi) is 3.36. The third-order valence-electron chi connectivity index (χ3n) is 2.89. The zero-order valence-corrected chi connectivity index (χ0v) is 11.2.